The van der Waals surface area contributed by atoms with E-state index in [2.05, 4.69) is 27.7 Å². The van der Waals surface area contributed by atoms with Crippen LogP contribution in [0, 0.1) is 23.7 Å². The Morgan fingerprint density at radius 1 is 1.13 bits per heavy atom. The van der Waals surface area contributed by atoms with E-state index in [1.54, 1.807) is 0 Å². The van der Waals surface area contributed by atoms with E-state index in [0.29, 0.717) is 5.38 Å². The number of alkyl halides is 1. The Balaban J connectivity index is 2.39. The van der Waals surface area contributed by atoms with Crippen LogP contribution in [-0.4, -0.2) is 5.38 Å². The average molecular weight is 231 g/mol. The fourth-order valence-electron chi connectivity index (χ4n) is 2.71. The second kappa shape index (κ2) is 6.13. The van der Waals surface area contributed by atoms with Crippen molar-refractivity contribution in [3.05, 3.63) is 0 Å². The molecule has 1 fully saturated rings. The molecule has 0 aromatic heterocycles. The molecule has 1 saturated carbocycles. The van der Waals surface area contributed by atoms with Gasteiger partial charge in [-0.25, -0.2) is 0 Å². The maximum absolute atomic E-state index is 6.44. The predicted octanol–water partition coefficient (Wildman–Crippen LogP) is 5.10. The summed E-state index contributed by atoms with van der Waals surface area (Å²) in [5, 5.41) is 0.457. The molecule has 0 aromatic carbocycles. The topological polar surface area (TPSA) is 0 Å². The summed E-state index contributed by atoms with van der Waals surface area (Å²) in [5.74, 6) is 3.39. The maximum Gasteiger partial charge on any atom is 0.0364 e. The van der Waals surface area contributed by atoms with Crippen molar-refractivity contribution >= 4 is 11.6 Å². The van der Waals surface area contributed by atoms with Crippen molar-refractivity contribution in [2.75, 3.05) is 0 Å². The van der Waals surface area contributed by atoms with Crippen LogP contribution in [0.5, 0.6) is 0 Å². The minimum atomic E-state index is 0.457. The zero-order chi connectivity index (χ0) is 11.4. The van der Waals surface area contributed by atoms with Crippen molar-refractivity contribution in [1.29, 1.82) is 0 Å². The van der Waals surface area contributed by atoms with Gasteiger partial charge in [-0.2, -0.15) is 0 Å². The van der Waals surface area contributed by atoms with Gasteiger partial charge in [0.1, 0.15) is 0 Å². The Kier molecular flexibility index (Phi) is 5.46. The van der Waals surface area contributed by atoms with E-state index in [1.807, 2.05) is 0 Å². The third kappa shape index (κ3) is 4.34. The van der Waals surface area contributed by atoms with E-state index in [9.17, 15) is 0 Å². The molecule has 0 nitrogen and oxygen atoms in total. The molecular formula is C14H27Cl. The van der Waals surface area contributed by atoms with Crippen molar-refractivity contribution in [3.63, 3.8) is 0 Å². The minimum absolute atomic E-state index is 0.457. The smallest absolute Gasteiger partial charge is 0.0364 e. The maximum atomic E-state index is 6.44. The van der Waals surface area contributed by atoms with Gasteiger partial charge in [-0.3, -0.25) is 0 Å². The molecule has 0 heterocycles. The minimum Gasteiger partial charge on any atom is -0.123 e. The van der Waals surface area contributed by atoms with Gasteiger partial charge in [0.15, 0.2) is 0 Å². The van der Waals surface area contributed by atoms with Crippen molar-refractivity contribution < 1.29 is 0 Å². The van der Waals surface area contributed by atoms with Crippen LogP contribution in [0.25, 0.3) is 0 Å². The molecular weight excluding hydrogens is 204 g/mol. The Hall–Kier alpha value is 0.290. The molecule has 0 bridgehead atoms. The standard InChI is InChI=1S/C14H27Cl/c1-10(2)5-6-13-9-12(11(3)4)7-8-14(13)15/h10-14H,5-9H2,1-4H3. The molecule has 1 heteroatoms. The lowest BCUT2D eigenvalue weighted by Crippen LogP contribution is -2.28. The van der Waals surface area contributed by atoms with E-state index < -0.39 is 0 Å². The molecule has 1 aliphatic carbocycles. The second-order valence-electron chi connectivity index (χ2n) is 6.06. The number of halogens is 1. The highest BCUT2D eigenvalue weighted by atomic mass is 35.5. The summed E-state index contributed by atoms with van der Waals surface area (Å²) < 4.78 is 0. The monoisotopic (exact) mass is 230 g/mol. The summed E-state index contributed by atoms with van der Waals surface area (Å²) >= 11 is 6.44. The van der Waals surface area contributed by atoms with Gasteiger partial charge in [0.25, 0.3) is 0 Å². The quantitative estimate of drug-likeness (QED) is 0.590. The van der Waals surface area contributed by atoms with Gasteiger partial charge in [0.2, 0.25) is 0 Å². The number of rotatable bonds is 4. The van der Waals surface area contributed by atoms with Crippen molar-refractivity contribution in [2.24, 2.45) is 23.7 Å². The van der Waals surface area contributed by atoms with Gasteiger partial charge in [-0.05, 0) is 49.4 Å². The van der Waals surface area contributed by atoms with E-state index in [4.69, 9.17) is 11.6 Å². The fraction of sp³-hybridized carbons (Fsp3) is 1.00. The van der Waals surface area contributed by atoms with E-state index >= 15 is 0 Å². The van der Waals surface area contributed by atoms with Crippen LogP contribution in [0.1, 0.15) is 59.8 Å². The van der Waals surface area contributed by atoms with Crippen LogP contribution in [0.4, 0.5) is 0 Å². The summed E-state index contributed by atoms with van der Waals surface area (Å²) in [5.41, 5.74) is 0. The molecule has 3 atom stereocenters. The Bertz CT molecular complexity index is 174. The van der Waals surface area contributed by atoms with Crippen LogP contribution >= 0.6 is 11.6 Å². The zero-order valence-corrected chi connectivity index (χ0v) is 11.6. The third-order valence-electron chi connectivity index (χ3n) is 3.99. The largest absolute Gasteiger partial charge is 0.123 e. The molecule has 0 spiro atoms. The van der Waals surface area contributed by atoms with Crippen LogP contribution in [0.2, 0.25) is 0 Å². The van der Waals surface area contributed by atoms with Crippen LogP contribution < -0.4 is 0 Å². The van der Waals surface area contributed by atoms with Crippen molar-refractivity contribution in [3.8, 4) is 0 Å². The lowest BCUT2D eigenvalue weighted by atomic mass is 9.74. The summed E-state index contributed by atoms with van der Waals surface area (Å²) in [4.78, 5) is 0. The molecule has 0 N–H and O–H groups in total. The van der Waals surface area contributed by atoms with Gasteiger partial charge in [0, 0.05) is 5.38 Å². The summed E-state index contributed by atoms with van der Waals surface area (Å²) in [6.45, 7) is 9.34. The summed E-state index contributed by atoms with van der Waals surface area (Å²) in [6, 6.07) is 0. The first-order valence-electron chi connectivity index (χ1n) is 6.64. The predicted molar refractivity (Wildman–Crippen MR) is 69.4 cm³/mol. The summed E-state index contributed by atoms with van der Waals surface area (Å²) in [6.07, 6.45) is 6.66. The lowest BCUT2D eigenvalue weighted by Gasteiger charge is -2.35. The Morgan fingerprint density at radius 3 is 2.33 bits per heavy atom. The highest BCUT2D eigenvalue weighted by molar-refractivity contribution is 6.20. The molecule has 0 aliphatic heterocycles. The third-order valence-corrected chi connectivity index (χ3v) is 4.56. The van der Waals surface area contributed by atoms with Crippen LogP contribution in [0.3, 0.4) is 0 Å². The summed E-state index contributed by atoms with van der Waals surface area (Å²) in [7, 11) is 0. The van der Waals surface area contributed by atoms with Gasteiger partial charge in [0.05, 0.1) is 0 Å². The Labute approximate surface area is 101 Å². The van der Waals surface area contributed by atoms with E-state index in [1.165, 1.54) is 32.1 Å². The molecule has 0 radical (unpaired) electrons. The van der Waals surface area contributed by atoms with Gasteiger partial charge in [-0.15, -0.1) is 11.6 Å². The molecule has 15 heavy (non-hydrogen) atoms. The van der Waals surface area contributed by atoms with Gasteiger partial charge < -0.3 is 0 Å². The number of hydrogen-bond donors (Lipinski definition) is 0. The first kappa shape index (κ1) is 13.4. The SMILES string of the molecule is CC(C)CCC1CC(C(C)C)CCC1Cl. The molecule has 90 valence electrons. The first-order valence-corrected chi connectivity index (χ1v) is 7.08. The second-order valence-corrected chi connectivity index (χ2v) is 6.63. The molecule has 0 aromatic rings. The van der Waals surface area contributed by atoms with Crippen molar-refractivity contribution in [2.45, 2.75) is 65.2 Å². The highest BCUT2D eigenvalue weighted by Gasteiger charge is 2.30. The van der Waals surface area contributed by atoms with Crippen molar-refractivity contribution in [1.82, 2.24) is 0 Å². The molecule has 0 amide bonds. The zero-order valence-electron chi connectivity index (χ0n) is 10.8. The molecule has 0 saturated heterocycles. The van der Waals surface area contributed by atoms with Gasteiger partial charge >= 0.3 is 0 Å². The molecule has 3 unspecified atom stereocenters. The van der Waals surface area contributed by atoms with Gasteiger partial charge in [-0.1, -0.05) is 34.1 Å². The highest BCUT2D eigenvalue weighted by Crippen LogP contribution is 2.39. The fourth-order valence-corrected chi connectivity index (χ4v) is 3.07. The van der Waals surface area contributed by atoms with E-state index in [-0.39, 0.29) is 0 Å². The average Bonchev–Trinajstić information content (AvgIpc) is 2.16. The van der Waals surface area contributed by atoms with Crippen LogP contribution in [-0.2, 0) is 0 Å². The Morgan fingerprint density at radius 2 is 1.80 bits per heavy atom. The first-order chi connectivity index (χ1) is 7.00. The van der Waals surface area contributed by atoms with Crippen LogP contribution in [0.15, 0.2) is 0 Å². The normalized spacial score (nSPS) is 32.6. The molecule has 1 aliphatic rings. The number of hydrogen-bond acceptors (Lipinski definition) is 0. The van der Waals surface area contributed by atoms with E-state index in [0.717, 1.165) is 23.7 Å². The lowest BCUT2D eigenvalue weighted by molar-refractivity contribution is 0.204. The molecule has 1 rings (SSSR count).